The van der Waals surface area contributed by atoms with E-state index in [4.69, 9.17) is 31.7 Å². The van der Waals surface area contributed by atoms with Crippen LogP contribution in [0.15, 0.2) is 48.6 Å². The van der Waals surface area contributed by atoms with Crippen LogP contribution in [0.25, 0.3) is 10.9 Å². The summed E-state index contributed by atoms with van der Waals surface area (Å²) in [5.41, 5.74) is -1.78. The second-order valence-corrected chi connectivity index (χ2v) is 20.1. The zero-order chi connectivity index (χ0) is 47.8. The number of ether oxygens (including phenoxy) is 3. The van der Waals surface area contributed by atoms with E-state index in [1.807, 2.05) is 62.2 Å². The fraction of sp³-hybridized carbons (Fsp3) is 0.596. The molecule has 66 heavy (non-hydrogen) atoms. The Labute approximate surface area is 384 Å². The summed E-state index contributed by atoms with van der Waals surface area (Å²) in [7, 11) is 0.214. The quantitative estimate of drug-likeness (QED) is 0.0704. The molecule has 1 aromatic heterocycles. The zero-order valence-electron chi connectivity index (χ0n) is 38.4. The molecule has 2 saturated heterocycles. The fourth-order valence-corrected chi connectivity index (χ4v) is 13.5. The molecule has 1 amide bonds. The van der Waals surface area contributed by atoms with E-state index < -0.39 is 67.8 Å². The van der Waals surface area contributed by atoms with Crippen LogP contribution in [0, 0.1) is 11.3 Å². The molecule has 18 nitrogen and oxygen atoms in total. The lowest BCUT2D eigenvalue weighted by Crippen LogP contribution is -2.81. The molecule has 2 aromatic carbocycles. The smallest absolute Gasteiger partial charge is 0.394 e. The number of aliphatic hydroxyl groups excluding tert-OH is 1. The molecule has 7 N–H and O–H groups in total. The van der Waals surface area contributed by atoms with E-state index in [0.717, 1.165) is 33.4 Å². The van der Waals surface area contributed by atoms with Gasteiger partial charge in [0.25, 0.3) is 5.91 Å². The number of hydrogen-bond donors (Lipinski definition) is 7. The number of anilines is 1. The van der Waals surface area contributed by atoms with Gasteiger partial charge < -0.3 is 44.7 Å². The average Bonchev–Trinajstić information content (AvgIpc) is 3.94. The summed E-state index contributed by atoms with van der Waals surface area (Å²) in [4.78, 5) is 52.0. The number of likely N-dealkylation sites (N-methyl/N-ethyl adjacent to an activating group) is 1. The minimum absolute atomic E-state index is 0.0491. The highest BCUT2D eigenvalue weighted by molar-refractivity contribution is 7.79. The number of aromatic nitrogens is 1. The van der Waals surface area contributed by atoms with Gasteiger partial charge in [-0.15, -0.1) is 0 Å². The van der Waals surface area contributed by atoms with Crippen molar-refractivity contribution in [3.05, 3.63) is 70.9 Å². The second kappa shape index (κ2) is 17.2. The van der Waals surface area contributed by atoms with E-state index in [-0.39, 0.29) is 25.1 Å². The fourth-order valence-electron chi connectivity index (χ4n) is 13.5. The summed E-state index contributed by atoms with van der Waals surface area (Å²) >= 11 is 0. The van der Waals surface area contributed by atoms with Crippen molar-refractivity contribution in [2.24, 2.45) is 11.3 Å². The van der Waals surface area contributed by atoms with Gasteiger partial charge in [0.2, 0.25) is 0 Å². The van der Waals surface area contributed by atoms with Crippen LogP contribution in [-0.2, 0) is 51.5 Å². The number of H-pyrrole nitrogens is 1. The Morgan fingerprint density at radius 3 is 2.39 bits per heavy atom. The topological polar surface area (TPSA) is 252 Å². The van der Waals surface area contributed by atoms with Crippen LogP contribution in [-0.4, -0.2) is 162 Å². The van der Waals surface area contributed by atoms with Gasteiger partial charge in [0.05, 0.1) is 32.4 Å². The normalized spacial score (nSPS) is 34.3. The number of aromatic amines is 1. The number of esters is 2. The van der Waals surface area contributed by atoms with Gasteiger partial charge in [0.1, 0.15) is 23.9 Å². The molecule has 1 unspecified atom stereocenters. The van der Waals surface area contributed by atoms with E-state index >= 15 is 4.79 Å². The third-order valence-corrected chi connectivity index (χ3v) is 15.9. The van der Waals surface area contributed by atoms with E-state index in [1.54, 1.807) is 7.11 Å². The van der Waals surface area contributed by atoms with E-state index in [9.17, 15) is 24.9 Å². The minimum Gasteiger partial charge on any atom is -0.496 e. The van der Waals surface area contributed by atoms with Gasteiger partial charge >= 0.3 is 22.3 Å². The van der Waals surface area contributed by atoms with Crippen LogP contribution in [0.1, 0.15) is 75.3 Å². The first-order valence-corrected chi connectivity index (χ1v) is 24.1. The highest BCUT2D eigenvalue weighted by atomic mass is 32.3. The SMILES string of the molecule is CC[C@]1(O)C[C@H]2CN(CCc3c([nH]c4ccccc34)[C@@](C(=O)OC)(c3cc4c(cc3OC)N(C)[C@H]3[C@@](O)(C(=O)NCCOC(C)=O)[C@H](O)[C@]5(CC)C=CCN6CC[C@]43[C@@H]65)C2)C1.O=S(=O)(O)O. The molecule has 1 aliphatic carbocycles. The Bertz CT molecular complexity index is 2540. The minimum atomic E-state index is -4.67. The number of para-hydroxylation sites is 1. The molecule has 1 saturated carbocycles. The maximum absolute atomic E-state index is 15.3. The lowest BCUT2D eigenvalue weighted by atomic mass is 9.47. The number of piperidine rings is 1. The number of nitrogens with zero attached hydrogens (tertiary/aromatic N) is 3. The highest BCUT2D eigenvalue weighted by Crippen LogP contribution is 2.67. The first-order valence-electron chi connectivity index (χ1n) is 22.7. The summed E-state index contributed by atoms with van der Waals surface area (Å²) in [5, 5.41) is 41.8. The number of carbonyl (C=O) groups is 3. The van der Waals surface area contributed by atoms with Gasteiger partial charge in [-0.3, -0.25) is 33.3 Å². The van der Waals surface area contributed by atoms with Crippen LogP contribution in [0.2, 0.25) is 0 Å². The first-order chi connectivity index (χ1) is 31.2. The predicted octanol–water partition coefficient (Wildman–Crippen LogP) is 2.27. The Morgan fingerprint density at radius 1 is 1.00 bits per heavy atom. The van der Waals surface area contributed by atoms with Crippen molar-refractivity contribution in [2.45, 2.75) is 99.5 Å². The third kappa shape index (κ3) is 7.32. The van der Waals surface area contributed by atoms with Crippen molar-refractivity contribution in [2.75, 3.05) is 72.0 Å². The number of methoxy groups -OCH3 is 2. The molecule has 10 atom stereocenters. The summed E-state index contributed by atoms with van der Waals surface area (Å²) in [6.07, 6.45) is 5.59. The Hall–Kier alpha value is -4.60. The summed E-state index contributed by atoms with van der Waals surface area (Å²) < 4.78 is 49.0. The molecule has 19 heteroatoms. The second-order valence-electron chi connectivity index (χ2n) is 19.2. The van der Waals surface area contributed by atoms with Crippen LogP contribution in [0.3, 0.4) is 0 Å². The van der Waals surface area contributed by atoms with Gasteiger partial charge in [-0.1, -0.05) is 44.2 Å². The molecular weight excluding hydrogens is 875 g/mol. The van der Waals surface area contributed by atoms with Crippen LogP contribution in [0.5, 0.6) is 5.75 Å². The summed E-state index contributed by atoms with van der Waals surface area (Å²) in [6.45, 7) is 8.42. The van der Waals surface area contributed by atoms with Gasteiger partial charge in [-0.05, 0) is 74.2 Å². The Morgan fingerprint density at radius 2 is 1.73 bits per heavy atom. The number of amides is 1. The molecule has 2 bridgehead atoms. The molecule has 3 fully saturated rings. The molecule has 6 heterocycles. The van der Waals surface area contributed by atoms with Crippen molar-refractivity contribution < 1.29 is 61.4 Å². The van der Waals surface area contributed by atoms with Crippen molar-refractivity contribution in [3.63, 3.8) is 0 Å². The van der Waals surface area contributed by atoms with Gasteiger partial charge in [-0.2, -0.15) is 8.42 Å². The Kier molecular flexibility index (Phi) is 12.5. The summed E-state index contributed by atoms with van der Waals surface area (Å²) in [5.74, 6) is -1.34. The largest absolute Gasteiger partial charge is 0.496 e. The predicted molar refractivity (Wildman–Crippen MR) is 243 cm³/mol. The van der Waals surface area contributed by atoms with Crippen molar-refractivity contribution in [1.82, 2.24) is 20.1 Å². The number of benzene rings is 2. The molecule has 0 radical (unpaired) electrons. The average molecular weight is 938 g/mol. The number of nitrogens with one attached hydrogen (secondary N) is 2. The number of hydrogen-bond acceptors (Lipinski definition) is 14. The van der Waals surface area contributed by atoms with E-state index in [0.29, 0.717) is 82.6 Å². The van der Waals surface area contributed by atoms with Crippen LogP contribution < -0.4 is 15.0 Å². The maximum Gasteiger partial charge on any atom is 0.394 e. The molecule has 9 rings (SSSR count). The van der Waals surface area contributed by atoms with Gasteiger partial charge in [0.15, 0.2) is 5.60 Å². The maximum atomic E-state index is 15.3. The van der Waals surface area contributed by atoms with Gasteiger partial charge in [-0.25, -0.2) is 0 Å². The molecule has 6 aliphatic rings. The third-order valence-electron chi connectivity index (χ3n) is 15.9. The van der Waals surface area contributed by atoms with Crippen molar-refractivity contribution in [3.8, 4) is 5.75 Å². The van der Waals surface area contributed by atoms with Gasteiger partial charge in [0, 0.05) is 90.9 Å². The monoisotopic (exact) mass is 937 g/mol. The first kappa shape index (κ1) is 47.9. The van der Waals surface area contributed by atoms with E-state index in [2.05, 4.69) is 32.2 Å². The number of aliphatic hydroxyl groups is 3. The molecule has 3 aromatic rings. The van der Waals surface area contributed by atoms with Crippen molar-refractivity contribution >= 4 is 44.8 Å². The standard InChI is InChI=1S/C47H61N5O9.H2O4S/c1-7-43(57)24-29-25-46(42(56)60-6,37-31(14-19-51(26-29)27-43)30-12-9-10-13-34(30)49-37)33-22-32-35(23-36(33)59-5)50(4)39-45(32)16-20-52-18-11-15-44(8-2,38(45)52)40(54)47(39,58)41(55)48-17-21-61-28(3)53;1-5(2,3)4/h9-13,15,22-23,29,38-40,49,54,57-58H,7-8,14,16-21,24-27H2,1-6H3,(H,48,55);(H2,1,2,3,4)/t29-,38+,39-,40-,43+,44-,45-,46+,47+;/m1./s1. The summed E-state index contributed by atoms with van der Waals surface area (Å²) in [6, 6.07) is 10.9. The number of carbonyl (C=O) groups excluding carboxylic acids is 3. The number of rotatable bonds is 9. The van der Waals surface area contributed by atoms with Crippen molar-refractivity contribution in [1.29, 1.82) is 0 Å². The molecular formula is C47H63N5O13S. The Balaban J connectivity index is 0.00000112. The highest BCUT2D eigenvalue weighted by Gasteiger charge is 2.78. The lowest BCUT2D eigenvalue weighted by molar-refractivity contribution is -0.203. The molecule has 360 valence electrons. The van der Waals surface area contributed by atoms with Crippen LogP contribution in [0.4, 0.5) is 5.69 Å². The van der Waals surface area contributed by atoms with Crippen LogP contribution >= 0.6 is 0 Å². The van der Waals surface area contributed by atoms with E-state index in [1.165, 1.54) is 14.0 Å². The number of fused-ring (bicyclic) bond motifs is 6. The molecule has 1 spiro atoms. The zero-order valence-corrected chi connectivity index (χ0v) is 39.2. The lowest BCUT2D eigenvalue weighted by Gasteiger charge is -2.63. The molecule has 5 aliphatic heterocycles.